The highest BCUT2D eigenvalue weighted by atomic mass is 32.2. The van der Waals surface area contributed by atoms with Crippen LogP contribution < -0.4 is 5.32 Å². The minimum atomic E-state index is -4.27. The molecule has 2 aliphatic rings. The Bertz CT molecular complexity index is 1160. The number of hydrogen-bond acceptors (Lipinski definition) is 4. The van der Waals surface area contributed by atoms with Gasteiger partial charge >= 0.3 is 6.18 Å². The fraction of sp³-hybridized carbons (Fsp3) is 0.520. The zero-order valence-corrected chi connectivity index (χ0v) is 21.4. The molecule has 2 aromatic rings. The smallest absolute Gasteiger partial charge is 0.351 e. The fourth-order valence-corrected chi connectivity index (χ4v) is 6.38. The van der Waals surface area contributed by atoms with Gasteiger partial charge in [0, 0.05) is 30.1 Å². The Morgan fingerprint density at radius 2 is 1.82 bits per heavy atom. The number of aromatic nitrogens is 1. The summed E-state index contributed by atoms with van der Waals surface area (Å²) in [6.45, 7) is 0.775. The Labute approximate surface area is 219 Å². The molecule has 2 aliphatic heterocycles. The predicted octanol–water partition coefficient (Wildman–Crippen LogP) is 4.24. The number of alkyl halides is 4. The number of halogens is 6. The average molecular weight is 563 g/mol. The van der Waals surface area contributed by atoms with Gasteiger partial charge in [0.1, 0.15) is 34.8 Å². The van der Waals surface area contributed by atoms with Crippen LogP contribution in [0.2, 0.25) is 0 Å². The molecule has 0 spiro atoms. The van der Waals surface area contributed by atoms with Gasteiger partial charge < -0.3 is 5.32 Å². The summed E-state index contributed by atoms with van der Waals surface area (Å²) in [7, 11) is -1.93. The number of likely N-dealkylation sites (tertiary alicyclic amines) is 1. The van der Waals surface area contributed by atoms with Crippen molar-refractivity contribution in [1.29, 1.82) is 0 Å². The summed E-state index contributed by atoms with van der Waals surface area (Å²) < 4.78 is 94.6. The number of pyridine rings is 1. The van der Waals surface area contributed by atoms with E-state index >= 15 is 0 Å². The molecule has 0 radical (unpaired) electrons. The molecule has 4 rings (SSSR count). The van der Waals surface area contributed by atoms with Gasteiger partial charge in [0.2, 0.25) is 5.91 Å². The number of rotatable bonds is 7. The molecule has 3 heterocycles. The predicted molar refractivity (Wildman–Crippen MR) is 128 cm³/mol. The van der Waals surface area contributed by atoms with E-state index in [1.165, 1.54) is 34.3 Å². The molecule has 1 amide bonds. The third kappa shape index (κ3) is 6.73. The molecule has 2 saturated heterocycles. The first-order valence-electron chi connectivity index (χ1n) is 12.2. The van der Waals surface area contributed by atoms with Gasteiger partial charge in [0.15, 0.2) is 0 Å². The first-order valence-corrected chi connectivity index (χ1v) is 13.3. The Kier molecular flexibility index (Phi) is 8.78. The van der Waals surface area contributed by atoms with Gasteiger partial charge in [0.05, 0.1) is 23.7 Å². The van der Waals surface area contributed by atoms with Gasteiger partial charge in [-0.1, -0.05) is 0 Å². The number of piperidine rings is 1. The standard InChI is InChI=1S/C25H28F6N4O2S/c1-15-20(27)11-23(35(15)38(37)19-4-2-18(26)3-5-19)24(36)33-12-17-10-22(32-13-21(17)28)16-6-8-34(9-7-16)14-25(29,30)31/h2-5,10,13,15-16,20,23H,6-9,11-12,14H2,1H3,(H,33,36)/t15-,20+,23-,38?/m0/s1. The van der Waals surface area contributed by atoms with Crippen molar-refractivity contribution in [3.05, 3.63) is 59.4 Å². The molecule has 0 saturated carbocycles. The maximum atomic E-state index is 14.6. The molecule has 6 nitrogen and oxygen atoms in total. The van der Waals surface area contributed by atoms with E-state index in [1.807, 2.05) is 0 Å². The highest BCUT2D eigenvalue weighted by molar-refractivity contribution is 7.82. The van der Waals surface area contributed by atoms with Crippen LogP contribution in [0.15, 0.2) is 41.4 Å². The largest absolute Gasteiger partial charge is 0.401 e. The highest BCUT2D eigenvalue weighted by Crippen LogP contribution is 2.32. The molecule has 1 aromatic heterocycles. The lowest BCUT2D eigenvalue weighted by molar-refractivity contribution is -0.148. The Morgan fingerprint density at radius 3 is 2.45 bits per heavy atom. The lowest BCUT2D eigenvalue weighted by atomic mass is 9.92. The summed E-state index contributed by atoms with van der Waals surface area (Å²) >= 11 is 0. The number of amides is 1. The molecule has 0 bridgehead atoms. The van der Waals surface area contributed by atoms with E-state index in [4.69, 9.17) is 0 Å². The second-order valence-electron chi connectivity index (χ2n) is 9.66. The fourth-order valence-electron chi connectivity index (χ4n) is 4.92. The summed E-state index contributed by atoms with van der Waals surface area (Å²) in [4.78, 5) is 18.7. The van der Waals surface area contributed by atoms with Gasteiger partial charge in [-0.25, -0.2) is 21.7 Å². The van der Waals surface area contributed by atoms with Gasteiger partial charge in [-0.2, -0.15) is 13.2 Å². The van der Waals surface area contributed by atoms with Crippen LogP contribution in [0.5, 0.6) is 0 Å². The first-order chi connectivity index (χ1) is 17.9. The van der Waals surface area contributed by atoms with Crippen molar-refractivity contribution in [1.82, 2.24) is 19.5 Å². The van der Waals surface area contributed by atoms with Crippen LogP contribution in [-0.2, 0) is 22.3 Å². The molecule has 1 aromatic carbocycles. The molecular formula is C25H28F6N4O2S. The number of nitrogens with one attached hydrogen (secondary N) is 1. The van der Waals surface area contributed by atoms with Crippen molar-refractivity contribution in [2.45, 2.75) is 68.0 Å². The molecule has 13 heteroatoms. The normalized spacial score (nSPS) is 24.4. The van der Waals surface area contributed by atoms with Crippen molar-refractivity contribution in [3.8, 4) is 0 Å². The van der Waals surface area contributed by atoms with Gasteiger partial charge in [-0.15, -0.1) is 0 Å². The van der Waals surface area contributed by atoms with E-state index in [0.29, 0.717) is 18.5 Å². The van der Waals surface area contributed by atoms with Gasteiger partial charge in [-0.3, -0.25) is 14.7 Å². The summed E-state index contributed by atoms with van der Waals surface area (Å²) in [6.07, 6.45) is -4.02. The number of carbonyl (C=O) groups is 1. The van der Waals surface area contributed by atoms with Crippen LogP contribution in [-0.4, -0.2) is 68.4 Å². The van der Waals surface area contributed by atoms with Gasteiger partial charge in [-0.05, 0) is 63.2 Å². The molecule has 4 atom stereocenters. The Balaban J connectivity index is 1.40. The SMILES string of the molecule is C[C@H]1[C@H](F)C[C@@H](C(=O)NCc2cc(C3CCN(CC(F)(F)F)CC3)ncc2F)N1S(=O)c1ccc(F)cc1. The molecule has 0 aliphatic carbocycles. The molecule has 2 fully saturated rings. The van der Waals surface area contributed by atoms with Crippen LogP contribution >= 0.6 is 0 Å². The summed E-state index contributed by atoms with van der Waals surface area (Å²) in [5.41, 5.74) is 0.662. The minimum Gasteiger partial charge on any atom is -0.351 e. The maximum absolute atomic E-state index is 14.6. The Hall–Kier alpha value is -2.51. The number of benzene rings is 1. The number of hydrogen-bond donors (Lipinski definition) is 1. The van der Waals surface area contributed by atoms with E-state index in [0.717, 1.165) is 18.3 Å². The summed E-state index contributed by atoms with van der Waals surface area (Å²) in [6, 6.07) is 4.42. The Morgan fingerprint density at radius 1 is 1.16 bits per heavy atom. The first kappa shape index (κ1) is 28.5. The topological polar surface area (TPSA) is 65.5 Å². The van der Waals surface area contributed by atoms with E-state index in [1.54, 1.807) is 0 Å². The number of carbonyl (C=O) groups excluding carboxylic acids is 1. The summed E-state index contributed by atoms with van der Waals surface area (Å²) in [5.74, 6) is -1.97. The average Bonchev–Trinajstić information content (AvgIpc) is 3.17. The minimum absolute atomic E-state index is 0.134. The van der Waals surface area contributed by atoms with Crippen LogP contribution in [0.25, 0.3) is 0 Å². The van der Waals surface area contributed by atoms with Crippen LogP contribution in [0.1, 0.15) is 43.4 Å². The zero-order chi connectivity index (χ0) is 27.6. The van der Waals surface area contributed by atoms with E-state index in [9.17, 15) is 35.3 Å². The molecule has 1 N–H and O–H groups in total. The van der Waals surface area contributed by atoms with Crippen molar-refractivity contribution in [2.75, 3.05) is 19.6 Å². The van der Waals surface area contributed by atoms with Crippen molar-refractivity contribution < 1.29 is 35.3 Å². The van der Waals surface area contributed by atoms with Crippen LogP contribution in [0.3, 0.4) is 0 Å². The second-order valence-corrected chi connectivity index (χ2v) is 11.0. The third-order valence-electron chi connectivity index (χ3n) is 7.01. The molecule has 38 heavy (non-hydrogen) atoms. The van der Waals surface area contributed by atoms with E-state index in [-0.39, 0.29) is 42.4 Å². The molecule has 1 unspecified atom stereocenters. The van der Waals surface area contributed by atoms with Gasteiger partial charge in [0.25, 0.3) is 0 Å². The zero-order valence-electron chi connectivity index (χ0n) is 20.6. The number of nitrogens with zero attached hydrogens (tertiary/aromatic N) is 3. The molecule has 208 valence electrons. The highest BCUT2D eigenvalue weighted by Gasteiger charge is 2.46. The third-order valence-corrected chi connectivity index (χ3v) is 8.65. The van der Waals surface area contributed by atoms with Crippen molar-refractivity contribution in [3.63, 3.8) is 0 Å². The lowest BCUT2D eigenvalue weighted by Crippen LogP contribution is -2.46. The summed E-state index contributed by atoms with van der Waals surface area (Å²) in [5, 5.41) is 2.59. The second kappa shape index (κ2) is 11.7. The van der Waals surface area contributed by atoms with Crippen molar-refractivity contribution in [2.24, 2.45) is 0 Å². The van der Waals surface area contributed by atoms with Crippen molar-refractivity contribution >= 4 is 16.9 Å². The van der Waals surface area contributed by atoms with E-state index < -0.39 is 59.5 Å². The monoisotopic (exact) mass is 562 g/mol. The lowest BCUT2D eigenvalue weighted by Gasteiger charge is -2.32. The van der Waals surface area contributed by atoms with E-state index in [2.05, 4.69) is 10.3 Å². The quantitative estimate of drug-likeness (QED) is 0.513. The molecular weight excluding hydrogens is 534 g/mol. The maximum Gasteiger partial charge on any atom is 0.401 e. The van der Waals surface area contributed by atoms with Crippen LogP contribution in [0, 0.1) is 11.6 Å². The van der Waals surface area contributed by atoms with Crippen LogP contribution in [0.4, 0.5) is 26.3 Å².